The molecule has 0 radical (unpaired) electrons. The van der Waals surface area contributed by atoms with Crippen LogP contribution in [0.2, 0.25) is 0 Å². The molecule has 0 saturated carbocycles. The van der Waals surface area contributed by atoms with Crippen molar-refractivity contribution in [3.05, 3.63) is 16.1 Å². The molecule has 1 aromatic rings. The van der Waals surface area contributed by atoms with Crippen LogP contribution >= 0.6 is 11.3 Å². The number of ether oxygens (including phenoxy) is 2. The summed E-state index contributed by atoms with van der Waals surface area (Å²) in [6.07, 6.45) is 5.08. The van der Waals surface area contributed by atoms with Gasteiger partial charge in [-0.05, 0) is 26.2 Å². The third kappa shape index (κ3) is 5.54. The summed E-state index contributed by atoms with van der Waals surface area (Å²) in [4.78, 5) is 8.63. The van der Waals surface area contributed by atoms with Crippen LogP contribution in [0.3, 0.4) is 0 Å². The zero-order valence-electron chi connectivity index (χ0n) is 12.3. The van der Waals surface area contributed by atoms with Gasteiger partial charge in [-0.3, -0.25) is 4.99 Å². The van der Waals surface area contributed by atoms with Crippen LogP contribution in [0.15, 0.2) is 10.4 Å². The number of thiazole rings is 1. The molecule has 114 valence electrons. The van der Waals surface area contributed by atoms with E-state index in [4.69, 9.17) is 14.7 Å². The SMILES string of the molecule is Cc1csc([C@H](C#N)C=NCCCOC[C@@H]2CCCO2)n1. The molecule has 0 aliphatic carbocycles. The molecular weight excluding hydrogens is 286 g/mol. The highest BCUT2D eigenvalue weighted by Crippen LogP contribution is 2.18. The van der Waals surface area contributed by atoms with Crippen LogP contribution in [0.4, 0.5) is 0 Å². The van der Waals surface area contributed by atoms with Gasteiger partial charge in [0.1, 0.15) is 10.9 Å². The Morgan fingerprint density at radius 3 is 3.29 bits per heavy atom. The Balaban J connectivity index is 1.59. The van der Waals surface area contributed by atoms with E-state index in [0.29, 0.717) is 19.8 Å². The largest absolute Gasteiger partial charge is 0.379 e. The van der Waals surface area contributed by atoms with Gasteiger partial charge >= 0.3 is 0 Å². The summed E-state index contributed by atoms with van der Waals surface area (Å²) in [7, 11) is 0. The van der Waals surface area contributed by atoms with Gasteiger partial charge in [0.2, 0.25) is 0 Å². The van der Waals surface area contributed by atoms with Gasteiger partial charge in [0.25, 0.3) is 0 Å². The Labute approximate surface area is 129 Å². The normalized spacial score (nSPS) is 19.9. The number of aliphatic imine (C=N–C) groups is 1. The molecule has 2 rings (SSSR count). The smallest absolute Gasteiger partial charge is 0.133 e. The summed E-state index contributed by atoms with van der Waals surface area (Å²) in [6.45, 7) is 4.84. The number of rotatable bonds is 8. The van der Waals surface area contributed by atoms with E-state index in [0.717, 1.165) is 36.6 Å². The van der Waals surface area contributed by atoms with Gasteiger partial charge in [-0.15, -0.1) is 11.3 Å². The van der Waals surface area contributed by atoms with Gasteiger partial charge in [-0.1, -0.05) is 0 Å². The molecule has 2 heterocycles. The van der Waals surface area contributed by atoms with Crippen LogP contribution in [0.25, 0.3) is 0 Å². The fourth-order valence-corrected chi connectivity index (χ4v) is 2.90. The molecule has 1 aliphatic heterocycles. The van der Waals surface area contributed by atoms with E-state index in [1.165, 1.54) is 11.3 Å². The van der Waals surface area contributed by atoms with E-state index in [2.05, 4.69) is 16.0 Å². The summed E-state index contributed by atoms with van der Waals surface area (Å²) in [5.41, 5.74) is 0.950. The minimum Gasteiger partial charge on any atom is -0.379 e. The van der Waals surface area contributed by atoms with Crippen LogP contribution in [0.5, 0.6) is 0 Å². The molecule has 6 heteroatoms. The first-order valence-electron chi connectivity index (χ1n) is 7.30. The van der Waals surface area contributed by atoms with Crippen LogP contribution < -0.4 is 0 Å². The summed E-state index contributed by atoms with van der Waals surface area (Å²) in [6, 6.07) is 2.22. The number of aryl methyl sites for hydroxylation is 1. The third-order valence-corrected chi connectivity index (χ3v) is 4.25. The monoisotopic (exact) mass is 307 g/mol. The van der Waals surface area contributed by atoms with Crippen molar-refractivity contribution in [2.24, 2.45) is 4.99 Å². The maximum atomic E-state index is 9.14. The van der Waals surface area contributed by atoms with Crippen LogP contribution in [0.1, 0.15) is 35.9 Å². The second-order valence-electron chi connectivity index (χ2n) is 5.05. The minimum atomic E-state index is -0.337. The Hall–Kier alpha value is -1.29. The molecule has 1 fully saturated rings. The van der Waals surface area contributed by atoms with Gasteiger partial charge in [0.15, 0.2) is 0 Å². The number of hydrogen-bond acceptors (Lipinski definition) is 6. The summed E-state index contributed by atoms with van der Waals surface area (Å²) in [5.74, 6) is -0.337. The van der Waals surface area contributed by atoms with E-state index in [1.807, 2.05) is 12.3 Å². The molecule has 0 aromatic carbocycles. The van der Waals surface area contributed by atoms with E-state index in [9.17, 15) is 0 Å². The Kier molecular flexibility index (Phi) is 6.80. The lowest BCUT2D eigenvalue weighted by Crippen LogP contribution is -2.14. The van der Waals surface area contributed by atoms with Gasteiger partial charge < -0.3 is 9.47 Å². The Bertz CT molecular complexity index is 489. The number of nitriles is 1. The van der Waals surface area contributed by atoms with Gasteiger partial charge in [-0.25, -0.2) is 4.98 Å². The summed E-state index contributed by atoms with van der Waals surface area (Å²) < 4.78 is 11.0. The van der Waals surface area contributed by atoms with Crippen molar-refractivity contribution in [1.82, 2.24) is 4.98 Å². The van der Waals surface area contributed by atoms with Crippen molar-refractivity contribution >= 4 is 17.6 Å². The molecule has 1 aromatic heterocycles. The highest BCUT2D eigenvalue weighted by molar-refractivity contribution is 7.09. The fraction of sp³-hybridized carbons (Fsp3) is 0.667. The lowest BCUT2D eigenvalue weighted by atomic mass is 10.2. The zero-order valence-corrected chi connectivity index (χ0v) is 13.1. The van der Waals surface area contributed by atoms with E-state index in [-0.39, 0.29) is 12.0 Å². The van der Waals surface area contributed by atoms with Gasteiger partial charge in [-0.2, -0.15) is 5.26 Å². The molecule has 0 amide bonds. The first-order valence-corrected chi connectivity index (χ1v) is 8.18. The van der Waals surface area contributed by atoms with E-state index < -0.39 is 0 Å². The molecule has 21 heavy (non-hydrogen) atoms. The highest BCUT2D eigenvalue weighted by Gasteiger charge is 2.15. The van der Waals surface area contributed by atoms with E-state index in [1.54, 1.807) is 6.21 Å². The molecule has 1 saturated heterocycles. The Morgan fingerprint density at radius 2 is 2.62 bits per heavy atom. The van der Waals surface area contributed by atoms with E-state index >= 15 is 0 Å². The van der Waals surface area contributed by atoms with Crippen LogP contribution in [-0.2, 0) is 9.47 Å². The van der Waals surface area contributed by atoms with Crippen molar-refractivity contribution in [3.8, 4) is 6.07 Å². The second kappa shape index (κ2) is 8.88. The molecule has 2 atom stereocenters. The fourth-order valence-electron chi connectivity index (χ4n) is 2.10. The maximum Gasteiger partial charge on any atom is 0.133 e. The van der Waals surface area contributed by atoms with Gasteiger partial charge in [0, 0.05) is 37.0 Å². The lowest BCUT2D eigenvalue weighted by Gasteiger charge is -2.09. The predicted octanol–water partition coefficient (Wildman–Crippen LogP) is 2.72. The number of nitrogens with zero attached hydrogens (tertiary/aromatic N) is 3. The molecule has 0 bridgehead atoms. The third-order valence-electron chi connectivity index (χ3n) is 3.20. The number of aromatic nitrogens is 1. The highest BCUT2D eigenvalue weighted by atomic mass is 32.1. The minimum absolute atomic E-state index is 0.282. The molecule has 0 unspecified atom stereocenters. The second-order valence-corrected chi connectivity index (χ2v) is 5.94. The van der Waals surface area contributed by atoms with Crippen LogP contribution in [0, 0.1) is 18.3 Å². The molecule has 5 nitrogen and oxygen atoms in total. The number of hydrogen-bond donors (Lipinski definition) is 0. The Morgan fingerprint density at radius 1 is 1.71 bits per heavy atom. The summed E-state index contributed by atoms with van der Waals surface area (Å²) in [5, 5.41) is 11.9. The van der Waals surface area contributed by atoms with Gasteiger partial charge in [0.05, 0.1) is 18.8 Å². The molecule has 0 N–H and O–H groups in total. The van der Waals surface area contributed by atoms with Crippen molar-refractivity contribution in [2.75, 3.05) is 26.4 Å². The topological polar surface area (TPSA) is 67.5 Å². The van der Waals surface area contributed by atoms with Crippen molar-refractivity contribution in [3.63, 3.8) is 0 Å². The maximum absolute atomic E-state index is 9.14. The molecule has 0 spiro atoms. The first kappa shape index (κ1) is 16.1. The predicted molar refractivity (Wildman–Crippen MR) is 83.0 cm³/mol. The zero-order chi connectivity index (χ0) is 14.9. The van der Waals surface area contributed by atoms with Crippen molar-refractivity contribution in [2.45, 2.75) is 38.2 Å². The quantitative estimate of drug-likeness (QED) is 0.547. The average molecular weight is 307 g/mol. The average Bonchev–Trinajstić information content (AvgIpc) is 3.14. The standard InChI is InChI=1S/C15H21N3O2S/c1-12-11-21-15(18-12)13(8-16)9-17-5-3-6-19-10-14-4-2-7-20-14/h9,11,13-14H,2-7,10H2,1H3/t13-,14+/m1/s1. The first-order chi connectivity index (χ1) is 10.3. The molecular formula is C15H21N3O2S. The van der Waals surface area contributed by atoms with Crippen molar-refractivity contribution < 1.29 is 9.47 Å². The lowest BCUT2D eigenvalue weighted by molar-refractivity contribution is 0.0171. The van der Waals surface area contributed by atoms with Crippen molar-refractivity contribution in [1.29, 1.82) is 5.26 Å². The molecule has 1 aliphatic rings. The van der Waals surface area contributed by atoms with Crippen LogP contribution in [-0.4, -0.2) is 43.7 Å². The summed E-state index contributed by atoms with van der Waals surface area (Å²) >= 11 is 1.50.